The zero-order chi connectivity index (χ0) is 22.9. The van der Waals surface area contributed by atoms with Gasteiger partial charge in [-0.3, -0.25) is 25.2 Å². The number of fused-ring (bicyclic) bond motifs is 2. The van der Waals surface area contributed by atoms with E-state index in [2.05, 4.69) is 21.2 Å². The van der Waals surface area contributed by atoms with Gasteiger partial charge in [0.25, 0.3) is 11.8 Å². The van der Waals surface area contributed by atoms with Gasteiger partial charge >= 0.3 is 0 Å². The van der Waals surface area contributed by atoms with Gasteiger partial charge in [0.1, 0.15) is 5.69 Å². The summed E-state index contributed by atoms with van der Waals surface area (Å²) in [5.41, 5.74) is 7.26. The summed E-state index contributed by atoms with van der Waals surface area (Å²) < 4.78 is 5.42. The molecule has 3 amide bonds. The van der Waals surface area contributed by atoms with Crippen molar-refractivity contribution in [3.05, 3.63) is 78.1 Å². The van der Waals surface area contributed by atoms with Gasteiger partial charge in [0.2, 0.25) is 5.91 Å². The van der Waals surface area contributed by atoms with Crippen LogP contribution in [0.1, 0.15) is 27.6 Å². The number of carbonyl (C=O) groups excluding carboxylic acids is 3. The number of carbonyl (C=O) groups is 3. The highest BCUT2D eigenvalue weighted by atomic mass is 32.2. The fourth-order valence-corrected chi connectivity index (χ4v) is 4.45. The Morgan fingerprint density at radius 3 is 2.67 bits per heavy atom. The maximum Gasteiger partial charge on any atom is 0.270 e. The smallest absolute Gasteiger partial charge is 0.270 e. The number of benzene rings is 2. The van der Waals surface area contributed by atoms with Crippen LogP contribution in [0.2, 0.25) is 0 Å². The predicted octanol–water partition coefficient (Wildman–Crippen LogP) is 4.00. The van der Waals surface area contributed by atoms with Gasteiger partial charge in [0, 0.05) is 15.8 Å². The fraction of sp³-hybridized carbons (Fsp3) is 0.0833. The van der Waals surface area contributed by atoms with Gasteiger partial charge in [-0.15, -0.1) is 11.8 Å². The average Bonchev–Trinajstić information content (AvgIpc) is 3.37. The minimum Gasteiger partial charge on any atom is -0.463 e. The summed E-state index contributed by atoms with van der Waals surface area (Å²) in [6.45, 7) is 1.82. The third-order valence-corrected chi connectivity index (χ3v) is 6.37. The number of pyridine rings is 1. The first kappa shape index (κ1) is 20.8. The number of thioether (sulfide) groups is 1. The Balaban J connectivity index is 1.37. The summed E-state index contributed by atoms with van der Waals surface area (Å²) in [6, 6.07) is 17.4. The molecular formula is C24H18N4O4S. The minimum atomic E-state index is -0.506. The van der Waals surface area contributed by atoms with Crippen molar-refractivity contribution in [2.45, 2.75) is 17.1 Å². The molecule has 3 N–H and O–H groups in total. The first-order valence-corrected chi connectivity index (χ1v) is 11.0. The van der Waals surface area contributed by atoms with Crippen molar-refractivity contribution in [3.8, 4) is 11.5 Å². The lowest BCUT2D eigenvalue weighted by molar-refractivity contribution is -0.115. The zero-order valence-electron chi connectivity index (χ0n) is 17.4. The van der Waals surface area contributed by atoms with E-state index in [-0.39, 0.29) is 11.2 Å². The Bertz CT molecular complexity index is 1400. The molecule has 0 spiro atoms. The SMILES string of the molecule is C[C@H]1Sc2ccc(C(=O)NNC(=O)c3cc(-c4ccco4)nc4ccccc34)cc2NC1=O. The Labute approximate surface area is 192 Å². The largest absolute Gasteiger partial charge is 0.463 e. The topological polar surface area (TPSA) is 113 Å². The molecule has 9 heteroatoms. The van der Waals surface area contributed by atoms with Gasteiger partial charge < -0.3 is 9.73 Å². The number of hydrazine groups is 1. The van der Waals surface area contributed by atoms with Crippen molar-refractivity contribution in [1.82, 2.24) is 15.8 Å². The van der Waals surface area contributed by atoms with Crippen molar-refractivity contribution >= 4 is 46.1 Å². The Hall–Kier alpha value is -4.11. The van der Waals surface area contributed by atoms with E-state index < -0.39 is 11.8 Å². The van der Waals surface area contributed by atoms with Crippen molar-refractivity contribution in [2.24, 2.45) is 0 Å². The van der Waals surface area contributed by atoms with E-state index in [1.807, 2.05) is 19.1 Å². The van der Waals surface area contributed by atoms with Crippen LogP contribution in [0.4, 0.5) is 5.69 Å². The number of aromatic nitrogens is 1. The van der Waals surface area contributed by atoms with Crippen molar-refractivity contribution < 1.29 is 18.8 Å². The lowest BCUT2D eigenvalue weighted by atomic mass is 10.1. The Kier molecular flexibility index (Phi) is 5.31. The summed E-state index contributed by atoms with van der Waals surface area (Å²) in [6.07, 6.45) is 1.53. The molecule has 2 aromatic heterocycles. The Morgan fingerprint density at radius 1 is 1.03 bits per heavy atom. The summed E-state index contributed by atoms with van der Waals surface area (Å²) in [4.78, 5) is 43.0. The molecule has 0 aliphatic carbocycles. The van der Waals surface area contributed by atoms with E-state index in [0.717, 1.165) is 4.90 Å². The van der Waals surface area contributed by atoms with Crippen LogP contribution < -0.4 is 16.2 Å². The molecule has 0 fully saturated rings. The number of nitrogens with zero attached hydrogens (tertiary/aromatic N) is 1. The quantitative estimate of drug-likeness (QED) is 0.400. The van der Waals surface area contributed by atoms with Gasteiger partial charge in [-0.1, -0.05) is 18.2 Å². The third kappa shape index (κ3) is 4.06. The standard InChI is InChI=1S/C24H18N4O4S/c1-13-22(29)26-19-11-14(8-9-21(19)33-13)23(30)27-28-24(31)16-12-18(20-7-4-10-32-20)25-17-6-3-2-5-15(16)17/h2-13H,1H3,(H,26,29)(H,27,30)(H,28,31)/t13-/m1/s1. The highest BCUT2D eigenvalue weighted by Gasteiger charge is 2.24. The van der Waals surface area contributed by atoms with E-state index >= 15 is 0 Å². The number of rotatable bonds is 3. The average molecular weight is 458 g/mol. The van der Waals surface area contributed by atoms with Gasteiger partial charge in [-0.25, -0.2) is 4.98 Å². The first-order valence-electron chi connectivity index (χ1n) is 10.2. The molecule has 164 valence electrons. The van der Waals surface area contributed by atoms with Crippen LogP contribution in [0.3, 0.4) is 0 Å². The molecule has 1 aliphatic heterocycles. The molecule has 5 rings (SSSR count). The summed E-state index contributed by atoms with van der Waals surface area (Å²) in [5, 5.41) is 3.24. The molecule has 0 unspecified atom stereocenters. The summed E-state index contributed by atoms with van der Waals surface area (Å²) in [7, 11) is 0. The maximum absolute atomic E-state index is 13.0. The summed E-state index contributed by atoms with van der Waals surface area (Å²) >= 11 is 1.43. The second-order valence-corrected chi connectivity index (χ2v) is 8.80. The van der Waals surface area contributed by atoms with Crippen LogP contribution in [-0.2, 0) is 4.79 Å². The highest BCUT2D eigenvalue weighted by molar-refractivity contribution is 8.00. The third-order valence-electron chi connectivity index (χ3n) is 5.20. The van der Waals surface area contributed by atoms with Gasteiger partial charge in [0.05, 0.1) is 28.3 Å². The normalized spacial score (nSPS) is 14.9. The molecule has 8 nitrogen and oxygen atoms in total. The molecular weight excluding hydrogens is 440 g/mol. The second kappa shape index (κ2) is 8.44. The first-order chi connectivity index (χ1) is 16.0. The van der Waals surface area contributed by atoms with E-state index in [1.54, 1.807) is 48.5 Å². The molecule has 0 bridgehead atoms. The molecule has 1 aliphatic rings. The fourth-order valence-electron chi connectivity index (χ4n) is 3.52. The molecule has 0 saturated carbocycles. The Morgan fingerprint density at radius 2 is 1.85 bits per heavy atom. The molecule has 33 heavy (non-hydrogen) atoms. The number of amides is 3. The van der Waals surface area contributed by atoms with Crippen molar-refractivity contribution in [3.63, 3.8) is 0 Å². The van der Waals surface area contributed by atoms with E-state index in [1.165, 1.54) is 18.0 Å². The van der Waals surface area contributed by atoms with Crippen molar-refractivity contribution in [2.75, 3.05) is 5.32 Å². The molecule has 3 heterocycles. The predicted molar refractivity (Wildman–Crippen MR) is 125 cm³/mol. The number of para-hydroxylation sites is 1. The van der Waals surface area contributed by atoms with E-state index in [9.17, 15) is 14.4 Å². The lowest BCUT2D eigenvalue weighted by Crippen LogP contribution is -2.41. The van der Waals surface area contributed by atoms with Crippen LogP contribution >= 0.6 is 11.8 Å². The summed E-state index contributed by atoms with van der Waals surface area (Å²) in [5.74, 6) is -0.587. The second-order valence-electron chi connectivity index (χ2n) is 7.42. The van der Waals surface area contributed by atoms with Crippen molar-refractivity contribution in [1.29, 1.82) is 0 Å². The molecule has 4 aromatic rings. The van der Waals surface area contributed by atoms with Gasteiger partial charge in [0.15, 0.2) is 5.76 Å². The number of hydrogen-bond acceptors (Lipinski definition) is 6. The van der Waals surface area contributed by atoms with Gasteiger partial charge in [-0.05, 0) is 49.4 Å². The van der Waals surface area contributed by atoms with E-state index in [4.69, 9.17) is 4.42 Å². The molecule has 0 saturated heterocycles. The molecule has 0 radical (unpaired) electrons. The maximum atomic E-state index is 13.0. The monoisotopic (exact) mass is 458 g/mol. The molecule has 2 aromatic carbocycles. The number of nitrogens with one attached hydrogen (secondary N) is 3. The van der Waals surface area contributed by atoms with Crippen LogP contribution in [0, 0.1) is 0 Å². The number of anilines is 1. The van der Waals surface area contributed by atoms with Crippen LogP contribution in [0.5, 0.6) is 0 Å². The number of hydrogen-bond donors (Lipinski definition) is 3. The van der Waals surface area contributed by atoms with Crippen LogP contribution in [0.25, 0.3) is 22.4 Å². The van der Waals surface area contributed by atoms with Crippen LogP contribution in [0.15, 0.2) is 76.2 Å². The molecule has 1 atom stereocenters. The number of furan rings is 1. The lowest BCUT2D eigenvalue weighted by Gasteiger charge is -2.21. The van der Waals surface area contributed by atoms with E-state index in [0.29, 0.717) is 39.2 Å². The highest BCUT2D eigenvalue weighted by Crippen LogP contribution is 2.35. The minimum absolute atomic E-state index is 0.115. The van der Waals surface area contributed by atoms with Gasteiger partial charge in [-0.2, -0.15) is 0 Å². The zero-order valence-corrected chi connectivity index (χ0v) is 18.2. The van der Waals surface area contributed by atoms with Crippen LogP contribution in [-0.4, -0.2) is 28.0 Å².